The van der Waals surface area contributed by atoms with E-state index >= 15 is 0 Å². The standard InChI is InChI=1S/C17H12F3N3O4S.Na/c18-17(19,20)10-3-1-2-4-12(10)22-23-16-11(21)6-5-9-14(28(25,26)27)8-7-13(24)15(9)16;/h1-8,24H,21H2,(H,25,26,27);/q;+1/p-1. The molecule has 0 fully saturated rings. The van der Waals surface area contributed by atoms with Crippen LogP contribution in [0.4, 0.5) is 30.2 Å². The summed E-state index contributed by atoms with van der Waals surface area (Å²) in [6.07, 6.45) is -4.68. The summed E-state index contributed by atoms with van der Waals surface area (Å²) >= 11 is 0. The molecule has 0 amide bonds. The van der Waals surface area contributed by atoms with Crippen LogP contribution in [0.3, 0.4) is 0 Å². The summed E-state index contributed by atoms with van der Waals surface area (Å²) in [6.45, 7) is 0. The smallest absolute Gasteiger partial charge is 0.872 e. The maximum absolute atomic E-state index is 13.1. The van der Waals surface area contributed by atoms with E-state index in [2.05, 4.69) is 10.2 Å². The largest absolute Gasteiger partial charge is 1.00 e. The van der Waals surface area contributed by atoms with Gasteiger partial charge in [0.05, 0.1) is 16.9 Å². The molecule has 0 aliphatic heterocycles. The fraction of sp³-hybridized carbons (Fsp3) is 0.0588. The molecule has 7 nitrogen and oxygen atoms in total. The Balaban J connectivity index is 0.00000300. The predicted octanol–water partition coefficient (Wildman–Crippen LogP) is 1.18. The molecular formula is C17H11F3N3NaO4S. The first-order valence-corrected chi connectivity index (χ1v) is 9.02. The minimum absolute atomic E-state index is 0. The monoisotopic (exact) mass is 433 g/mol. The number of nitrogens with two attached hydrogens (primary N) is 1. The summed E-state index contributed by atoms with van der Waals surface area (Å²) < 4.78 is 71.6. The fourth-order valence-electron chi connectivity index (χ4n) is 2.62. The molecule has 0 heterocycles. The number of azo groups is 1. The van der Waals surface area contributed by atoms with E-state index in [1.54, 1.807) is 0 Å². The van der Waals surface area contributed by atoms with Gasteiger partial charge in [-0.15, -0.1) is 10.2 Å². The van der Waals surface area contributed by atoms with E-state index < -0.39 is 38.2 Å². The first-order valence-electron chi connectivity index (χ1n) is 7.58. The molecule has 0 aromatic heterocycles. The molecule has 12 heteroatoms. The van der Waals surface area contributed by atoms with Crippen LogP contribution in [0.5, 0.6) is 5.75 Å². The molecule has 3 rings (SSSR count). The Bertz CT molecular complexity index is 1210. The predicted molar refractivity (Wildman–Crippen MR) is 93.2 cm³/mol. The van der Waals surface area contributed by atoms with Gasteiger partial charge in [0.1, 0.15) is 10.6 Å². The molecule has 0 saturated heterocycles. The topological polar surface area (TPSA) is 128 Å². The van der Waals surface area contributed by atoms with Gasteiger partial charge in [0.2, 0.25) is 0 Å². The van der Waals surface area contributed by atoms with Crippen molar-refractivity contribution < 1.29 is 60.8 Å². The molecule has 146 valence electrons. The fourth-order valence-corrected chi connectivity index (χ4v) is 3.31. The van der Waals surface area contributed by atoms with Crippen LogP contribution in [0.1, 0.15) is 5.56 Å². The number of fused-ring (bicyclic) bond motifs is 1. The van der Waals surface area contributed by atoms with Crippen LogP contribution in [0, 0.1) is 0 Å². The van der Waals surface area contributed by atoms with E-state index in [4.69, 9.17) is 5.73 Å². The molecule has 0 aliphatic rings. The minimum atomic E-state index is -4.68. The SMILES string of the molecule is Nc1ccc2c(S(=O)(=O)O)ccc([O-])c2c1N=Nc1ccccc1C(F)(F)F.[Na+]. The van der Waals surface area contributed by atoms with Crippen LogP contribution in [0.2, 0.25) is 0 Å². The molecular weight excluding hydrogens is 422 g/mol. The Hall–Kier alpha value is -2.18. The normalized spacial score (nSPS) is 12.3. The first-order chi connectivity index (χ1) is 13.0. The van der Waals surface area contributed by atoms with Gasteiger partial charge in [-0.05, 0) is 24.3 Å². The summed E-state index contributed by atoms with van der Waals surface area (Å²) in [5.74, 6) is -0.687. The van der Waals surface area contributed by atoms with E-state index in [9.17, 15) is 31.2 Å². The van der Waals surface area contributed by atoms with Gasteiger partial charge in [-0.1, -0.05) is 30.0 Å². The number of rotatable bonds is 3. The molecule has 3 aromatic carbocycles. The van der Waals surface area contributed by atoms with Crippen LogP contribution < -0.4 is 40.4 Å². The van der Waals surface area contributed by atoms with Gasteiger partial charge >= 0.3 is 35.7 Å². The van der Waals surface area contributed by atoms with E-state index in [1.165, 1.54) is 24.3 Å². The van der Waals surface area contributed by atoms with Gasteiger partial charge in [-0.3, -0.25) is 4.55 Å². The van der Waals surface area contributed by atoms with Gasteiger partial charge in [-0.2, -0.15) is 21.6 Å². The van der Waals surface area contributed by atoms with Crippen molar-refractivity contribution in [2.24, 2.45) is 10.2 Å². The van der Waals surface area contributed by atoms with E-state index in [0.29, 0.717) is 0 Å². The van der Waals surface area contributed by atoms with Gasteiger partial charge in [0.15, 0.2) is 0 Å². The van der Waals surface area contributed by atoms with Gasteiger partial charge in [0.25, 0.3) is 10.1 Å². The molecule has 0 bridgehead atoms. The Morgan fingerprint density at radius 3 is 2.28 bits per heavy atom. The molecule has 0 unspecified atom stereocenters. The molecule has 0 aliphatic carbocycles. The minimum Gasteiger partial charge on any atom is -0.872 e. The second kappa shape index (κ2) is 8.28. The quantitative estimate of drug-likeness (QED) is 0.277. The Kier molecular flexibility index (Phi) is 6.60. The Morgan fingerprint density at radius 2 is 1.66 bits per heavy atom. The van der Waals surface area contributed by atoms with E-state index in [0.717, 1.165) is 24.3 Å². The van der Waals surface area contributed by atoms with Crippen molar-refractivity contribution in [3.63, 3.8) is 0 Å². The average molecular weight is 433 g/mol. The number of hydrogen-bond acceptors (Lipinski definition) is 6. The number of hydrogen-bond donors (Lipinski definition) is 2. The number of alkyl halides is 3. The first kappa shape index (κ1) is 23.1. The number of benzene rings is 3. The van der Waals surface area contributed by atoms with Gasteiger partial charge < -0.3 is 10.8 Å². The maximum Gasteiger partial charge on any atom is 1.00 e. The maximum atomic E-state index is 13.1. The molecule has 0 radical (unpaired) electrons. The van der Waals surface area contributed by atoms with Gasteiger partial charge in [0, 0.05) is 10.8 Å². The number of halogens is 3. The number of anilines is 1. The second-order valence-corrected chi connectivity index (χ2v) is 7.07. The third-order valence-electron chi connectivity index (χ3n) is 3.85. The summed E-state index contributed by atoms with van der Waals surface area (Å²) in [5.41, 5.74) is 3.82. The van der Waals surface area contributed by atoms with Crippen molar-refractivity contribution in [2.75, 3.05) is 5.73 Å². The van der Waals surface area contributed by atoms with Crippen LogP contribution in [0.15, 0.2) is 63.7 Å². The van der Waals surface area contributed by atoms with Crippen molar-refractivity contribution in [1.29, 1.82) is 0 Å². The van der Waals surface area contributed by atoms with Crippen LogP contribution in [-0.2, 0) is 16.3 Å². The molecule has 3 aromatic rings. The van der Waals surface area contributed by atoms with Crippen molar-refractivity contribution in [1.82, 2.24) is 0 Å². The van der Waals surface area contributed by atoms with Crippen molar-refractivity contribution in [2.45, 2.75) is 11.1 Å². The van der Waals surface area contributed by atoms with Crippen LogP contribution in [-0.4, -0.2) is 13.0 Å². The molecule has 0 atom stereocenters. The summed E-state index contributed by atoms with van der Waals surface area (Å²) in [6, 6.07) is 8.60. The Morgan fingerprint density at radius 1 is 1.00 bits per heavy atom. The van der Waals surface area contributed by atoms with E-state index in [1.807, 2.05) is 0 Å². The Labute approximate surface area is 185 Å². The zero-order chi connectivity index (χ0) is 20.7. The van der Waals surface area contributed by atoms with Crippen LogP contribution in [0.25, 0.3) is 10.8 Å². The molecule has 0 saturated carbocycles. The van der Waals surface area contributed by atoms with Crippen molar-refractivity contribution in [3.8, 4) is 5.75 Å². The van der Waals surface area contributed by atoms with Crippen molar-refractivity contribution in [3.05, 3.63) is 54.1 Å². The third kappa shape index (κ3) is 4.70. The molecule has 0 spiro atoms. The third-order valence-corrected chi connectivity index (χ3v) is 4.76. The zero-order valence-electron chi connectivity index (χ0n) is 14.8. The van der Waals surface area contributed by atoms with Crippen molar-refractivity contribution >= 4 is 38.0 Å². The number of nitrogens with zero attached hydrogens (tertiary/aromatic N) is 2. The summed E-state index contributed by atoms with van der Waals surface area (Å²) in [7, 11) is -4.67. The zero-order valence-corrected chi connectivity index (χ0v) is 17.6. The second-order valence-electron chi connectivity index (χ2n) is 5.68. The average Bonchev–Trinajstić information content (AvgIpc) is 2.59. The molecule has 3 N–H and O–H groups in total. The summed E-state index contributed by atoms with van der Waals surface area (Å²) in [5, 5.41) is 19.0. The number of nitrogen functional groups attached to an aromatic ring is 1. The summed E-state index contributed by atoms with van der Waals surface area (Å²) in [4.78, 5) is -0.561. The van der Waals surface area contributed by atoms with E-state index in [-0.39, 0.29) is 51.7 Å². The van der Waals surface area contributed by atoms with Gasteiger partial charge in [-0.25, -0.2) is 0 Å². The van der Waals surface area contributed by atoms with Crippen LogP contribution >= 0.6 is 0 Å². The molecule has 29 heavy (non-hydrogen) atoms.